The highest BCUT2D eigenvalue weighted by Gasteiger charge is 2.19. The fourth-order valence-electron chi connectivity index (χ4n) is 1.53. The van der Waals surface area contributed by atoms with Gasteiger partial charge in [0.25, 0.3) is 0 Å². The van der Waals surface area contributed by atoms with Gasteiger partial charge < -0.3 is 20.5 Å². The third-order valence-corrected chi connectivity index (χ3v) is 2.36. The minimum Gasteiger partial charge on any atom is -0.395 e. The summed E-state index contributed by atoms with van der Waals surface area (Å²) in [5.74, 6) is -0.0768. The summed E-state index contributed by atoms with van der Waals surface area (Å²) < 4.78 is 4.91. The molecule has 0 aliphatic carbocycles. The van der Waals surface area contributed by atoms with Crippen LogP contribution >= 0.6 is 0 Å². The summed E-state index contributed by atoms with van der Waals surface area (Å²) in [4.78, 5) is 13.5. The van der Waals surface area contributed by atoms with E-state index in [0.717, 1.165) is 12.8 Å². The van der Waals surface area contributed by atoms with E-state index >= 15 is 0 Å². The summed E-state index contributed by atoms with van der Waals surface area (Å²) in [6, 6.07) is -0.478. The molecule has 0 aromatic heterocycles. The smallest absolute Gasteiger partial charge is 0.239 e. The van der Waals surface area contributed by atoms with Gasteiger partial charge in [0.05, 0.1) is 12.6 Å². The lowest BCUT2D eigenvalue weighted by molar-refractivity contribution is -0.133. The standard InChI is InChI=1S/C11H24N2O3/c1-3-6-13(7-8-14)11(15)10(12)5-4-9-16-2/h10,14H,3-9,12H2,1-2H3. The van der Waals surface area contributed by atoms with E-state index in [2.05, 4.69) is 0 Å². The molecule has 1 amide bonds. The number of methoxy groups -OCH3 is 1. The molecule has 0 radical (unpaired) electrons. The van der Waals surface area contributed by atoms with Gasteiger partial charge >= 0.3 is 0 Å². The molecule has 0 aliphatic rings. The van der Waals surface area contributed by atoms with Crippen molar-refractivity contribution in [3.8, 4) is 0 Å². The van der Waals surface area contributed by atoms with Crippen LogP contribution in [0.4, 0.5) is 0 Å². The first-order valence-corrected chi connectivity index (χ1v) is 5.81. The van der Waals surface area contributed by atoms with Crippen molar-refractivity contribution in [1.29, 1.82) is 0 Å². The second kappa shape index (κ2) is 9.57. The fourth-order valence-corrected chi connectivity index (χ4v) is 1.53. The molecule has 0 fully saturated rings. The van der Waals surface area contributed by atoms with E-state index in [-0.39, 0.29) is 12.5 Å². The Bertz CT molecular complexity index is 182. The third-order valence-electron chi connectivity index (χ3n) is 2.36. The van der Waals surface area contributed by atoms with Crippen molar-refractivity contribution in [1.82, 2.24) is 4.90 Å². The van der Waals surface area contributed by atoms with Crippen LogP contribution in [0.15, 0.2) is 0 Å². The number of hydrogen-bond acceptors (Lipinski definition) is 4. The Kier molecular flexibility index (Phi) is 9.18. The van der Waals surface area contributed by atoms with Crippen molar-refractivity contribution in [3.63, 3.8) is 0 Å². The van der Waals surface area contributed by atoms with Crippen LogP contribution in [0.5, 0.6) is 0 Å². The van der Waals surface area contributed by atoms with Gasteiger partial charge in [-0.2, -0.15) is 0 Å². The quantitative estimate of drug-likeness (QED) is 0.547. The number of aliphatic hydroxyl groups is 1. The van der Waals surface area contributed by atoms with Gasteiger partial charge in [0, 0.05) is 26.8 Å². The lowest BCUT2D eigenvalue weighted by Gasteiger charge is -2.24. The molecule has 1 atom stereocenters. The van der Waals surface area contributed by atoms with Gasteiger partial charge in [-0.25, -0.2) is 0 Å². The zero-order valence-corrected chi connectivity index (χ0v) is 10.3. The molecule has 1 unspecified atom stereocenters. The molecule has 0 bridgehead atoms. The molecule has 0 aliphatic heterocycles. The number of amides is 1. The first-order chi connectivity index (χ1) is 7.67. The van der Waals surface area contributed by atoms with Crippen molar-refractivity contribution < 1.29 is 14.6 Å². The summed E-state index contributed by atoms with van der Waals surface area (Å²) in [5.41, 5.74) is 5.79. The minimum atomic E-state index is -0.478. The molecule has 3 N–H and O–H groups in total. The van der Waals surface area contributed by atoms with Crippen molar-refractivity contribution >= 4 is 5.91 Å². The molecule has 0 aromatic rings. The molecule has 0 heterocycles. The van der Waals surface area contributed by atoms with Crippen molar-refractivity contribution in [2.75, 3.05) is 33.4 Å². The molecule has 96 valence electrons. The summed E-state index contributed by atoms with van der Waals surface area (Å²) >= 11 is 0. The number of carbonyl (C=O) groups excluding carboxylic acids is 1. The maximum absolute atomic E-state index is 11.9. The number of aliphatic hydroxyl groups excluding tert-OH is 1. The highest BCUT2D eigenvalue weighted by atomic mass is 16.5. The first kappa shape index (κ1) is 15.3. The van der Waals surface area contributed by atoms with Gasteiger partial charge in [-0.3, -0.25) is 4.79 Å². The maximum atomic E-state index is 11.9. The molecular weight excluding hydrogens is 208 g/mol. The summed E-state index contributed by atoms with van der Waals surface area (Å²) in [7, 11) is 1.63. The van der Waals surface area contributed by atoms with Crippen LogP contribution in [0.3, 0.4) is 0 Å². The van der Waals surface area contributed by atoms with Crippen LogP contribution in [0.2, 0.25) is 0 Å². The molecule has 0 spiro atoms. The minimum absolute atomic E-state index is 0.0173. The topological polar surface area (TPSA) is 75.8 Å². The van der Waals surface area contributed by atoms with E-state index in [1.165, 1.54) is 0 Å². The first-order valence-electron chi connectivity index (χ1n) is 5.81. The predicted octanol–water partition coefficient (Wildman–Crippen LogP) is -0.0288. The summed E-state index contributed by atoms with van der Waals surface area (Å²) in [5, 5.41) is 8.85. The fraction of sp³-hybridized carbons (Fsp3) is 0.909. The van der Waals surface area contributed by atoms with Crippen LogP contribution in [-0.4, -0.2) is 55.4 Å². The SMILES string of the molecule is CCCN(CCO)C(=O)C(N)CCCOC. The van der Waals surface area contributed by atoms with Crippen LogP contribution in [-0.2, 0) is 9.53 Å². The summed E-state index contributed by atoms with van der Waals surface area (Å²) in [6.45, 7) is 3.61. The second-order valence-electron chi connectivity index (χ2n) is 3.79. The molecule has 16 heavy (non-hydrogen) atoms. The van der Waals surface area contributed by atoms with E-state index in [9.17, 15) is 4.79 Å². The Balaban J connectivity index is 4.03. The number of nitrogens with zero attached hydrogens (tertiary/aromatic N) is 1. The number of ether oxygens (including phenoxy) is 1. The highest BCUT2D eigenvalue weighted by Crippen LogP contribution is 2.01. The zero-order valence-electron chi connectivity index (χ0n) is 10.3. The normalized spacial score (nSPS) is 12.5. The largest absolute Gasteiger partial charge is 0.395 e. The highest BCUT2D eigenvalue weighted by molar-refractivity contribution is 5.81. The molecule has 5 heteroatoms. The van der Waals surface area contributed by atoms with Crippen LogP contribution in [0, 0.1) is 0 Å². The van der Waals surface area contributed by atoms with Crippen molar-refractivity contribution in [2.45, 2.75) is 32.2 Å². The van der Waals surface area contributed by atoms with E-state index in [1.807, 2.05) is 6.92 Å². The van der Waals surface area contributed by atoms with E-state index in [0.29, 0.717) is 26.1 Å². The van der Waals surface area contributed by atoms with Crippen LogP contribution < -0.4 is 5.73 Å². The molecule has 0 saturated heterocycles. The van der Waals surface area contributed by atoms with E-state index in [4.69, 9.17) is 15.6 Å². The number of nitrogens with two attached hydrogens (primary N) is 1. The van der Waals surface area contributed by atoms with Gasteiger partial charge in [0.1, 0.15) is 0 Å². The van der Waals surface area contributed by atoms with E-state index < -0.39 is 6.04 Å². The molecule has 0 rings (SSSR count). The van der Waals surface area contributed by atoms with Crippen LogP contribution in [0.25, 0.3) is 0 Å². The monoisotopic (exact) mass is 232 g/mol. The lowest BCUT2D eigenvalue weighted by atomic mass is 10.1. The van der Waals surface area contributed by atoms with Crippen molar-refractivity contribution in [2.24, 2.45) is 5.73 Å². The molecule has 0 aromatic carbocycles. The maximum Gasteiger partial charge on any atom is 0.239 e. The summed E-state index contributed by atoms with van der Waals surface area (Å²) in [6.07, 6.45) is 2.28. The third kappa shape index (κ3) is 6.05. The average molecular weight is 232 g/mol. The Labute approximate surface area is 97.6 Å². The Morgan fingerprint density at radius 3 is 2.69 bits per heavy atom. The Morgan fingerprint density at radius 2 is 2.19 bits per heavy atom. The Hall–Kier alpha value is -0.650. The molecular formula is C11H24N2O3. The number of rotatable bonds is 9. The van der Waals surface area contributed by atoms with Gasteiger partial charge in [0.15, 0.2) is 0 Å². The van der Waals surface area contributed by atoms with Gasteiger partial charge in [-0.05, 0) is 19.3 Å². The number of hydrogen-bond donors (Lipinski definition) is 2. The number of carbonyl (C=O) groups is 1. The van der Waals surface area contributed by atoms with Crippen molar-refractivity contribution in [3.05, 3.63) is 0 Å². The zero-order chi connectivity index (χ0) is 12.4. The van der Waals surface area contributed by atoms with Crippen LogP contribution in [0.1, 0.15) is 26.2 Å². The predicted molar refractivity (Wildman–Crippen MR) is 63.0 cm³/mol. The van der Waals surface area contributed by atoms with Gasteiger partial charge in [0.2, 0.25) is 5.91 Å². The second-order valence-corrected chi connectivity index (χ2v) is 3.79. The lowest BCUT2D eigenvalue weighted by Crippen LogP contribution is -2.45. The molecule has 0 saturated carbocycles. The average Bonchev–Trinajstić information content (AvgIpc) is 2.28. The molecule has 5 nitrogen and oxygen atoms in total. The van der Waals surface area contributed by atoms with Gasteiger partial charge in [-0.1, -0.05) is 6.92 Å². The van der Waals surface area contributed by atoms with Gasteiger partial charge in [-0.15, -0.1) is 0 Å². The van der Waals surface area contributed by atoms with E-state index in [1.54, 1.807) is 12.0 Å². The Morgan fingerprint density at radius 1 is 1.50 bits per heavy atom.